The van der Waals surface area contributed by atoms with Crippen LogP contribution in [0.2, 0.25) is 0 Å². The molecule has 0 amide bonds. The van der Waals surface area contributed by atoms with Gasteiger partial charge in [0.05, 0.1) is 51.8 Å². The van der Waals surface area contributed by atoms with Gasteiger partial charge in [-0.1, -0.05) is 6.07 Å². The number of methoxy groups -OCH3 is 4. The highest BCUT2D eigenvalue weighted by atomic mass is 16.5. The summed E-state index contributed by atoms with van der Waals surface area (Å²) in [4.78, 5) is 24.0. The van der Waals surface area contributed by atoms with E-state index in [1.165, 1.54) is 18.7 Å². The summed E-state index contributed by atoms with van der Waals surface area (Å²) in [6.45, 7) is 1.79. The van der Waals surface area contributed by atoms with Crippen LogP contribution in [-0.2, 0) is 20.7 Å². The molecule has 0 aliphatic heterocycles. The van der Waals surface area contributed by atoms with Crippen LogP contribution in [0.25, 0.3) is 16.8 Å². The van der Waals surface area contributed by atoms with E-state index in [4.69, 9.17) is 18.9 Å². The number of ether oxygens (including phenoxy) is 4. The molecule has 1 aromatic carbocycles. The molecule has 2 aromatic heterocycles. The number of hydrogen-bond acceptors (Lipinski definition) is 9. The molecule has 0 aliphatic carbocycles. The average molecular weight is 400 g/mol. The summed E-state index contributed by atoms with van der Waals surface area (Å²) in [7, 11) is 5.58. The summed E-state index contributed by atoms with van der Waals surface area (Å²) in [5.41, 5.74) is 2.57. The zero-order valence-corrected chi connectivity index (χ0v) is 16.7. The van der Waals surface area contributed by atoms with Gasteiger partial charge in [-0.25, -0.2) is 9.31 Å². The van der Waals surface area contributed by atoms with Crippen molar-refractivity contribution in [2.75, 3.05) is 28.4 Å². The second-order valence-corrected chi connectivity index (χ2v) is 6.01. The van der Waals surface area contributed by atoms with Gasteiger partial charge in [-0.2, -0.15) is 5.10 Å². The van der Waals surface area contributed by atoms with Gasteiger partial charge >= 0.3 is 11.9 Å². The maximum absolute atomic E-state index is 12.1. The number of esters is 2. The number of nitrogens with zero attached hydrogens (tertiary/aromatic N) is 4. The molecular formula is C19H20N4O6. The number of hydrogen-bond donors (Lipinski definition) is 0. The van der Waals surface area contributed by atoms with E-state index in [1.54, 1.807) is 33.3 Å². The molecule has 0 N–H and O–H groups in total. The molecule has 0 fully saturated rings. The van der Waals surface area contributed by atoms with Crippen molar-refractivity contribution < 1.29 is 28.5 Å². The van der Waals surface area contributed by atoms with Crippen LogP contribution in [0.15, 0.2) is 18.2 Å². The Balaban J connectivity index is 2.26. The van der Waals surface area contributed by atoms with Gasteiger partial charge in [0.15, 0.2) is 22.8 Å². The molecule has 0 spiro atoms. The van der Waals surface area contributed by atoms with Crippen molar-refractivity contribution in [2.45, 2.75) is 13.3 Å². The van der Waals surface area contributed by atoms with Gasteiger partial charge in [0, 0.05) is 0 Å². The van der Waals surface area contributed by atoms with Gasteiger partial charge < -0.3 is 18.9 Å². The number of aromatic nitrogens is 4. The van der Waals surface area contributed by atoms with Crippen molar-refractivity contribution in [3.63, 3.8) is 0 Å². The van der Waals surface area contributed by atoms with Crippen LogP contribution in [0.4, 0.5) is 0 Å². The van der Waals surface area contributed by atoms with E-state index < -0.39 is 11.9 Å². The first-order chi connectivity index (χ1) is 13.9. The largest absolute Gasteiger partial charge is 0.493 e. The Hall–Kier alpha value is -3.69. The van der Waals surface area contributed by atoms with Crippen molar-refractivity contribution in [3.05, 3.63) is 35.3 Å². The minimum atomic E-state index is -0.723. The maximum atomic E-state index is 12.1. The molecule has 3 aromatic rings. The van der Waals surface area contributed by atoms with Crippen LogP contribution < -0.4 is 9.47 Å². The smallest absolute Gasteiger partial charge is 0.360 e. The quantitative estimate of drug-likeness (QED) is 0.569. The van der Waals surface area contributed by atoms with Crippen molar-refractivity contribution in [1.29, 1.82) is 0 Å². The van der Waals surface area contributed by atoms with Crippen molar-refractivity contribution in [1.82, 2.24) is 19.8 Å². The Morgan fingerprint density at radius 2 is 1.72 bits per heavy atom. The summed E-state index contributed by atoms with van der Waals surface area (Å²) in [6.07, 6.45) is -0.223. The molecule has 29 heavy (non-hydrogen) atoms. The first-order valence-electron chi connectivity index (χ1n) is 8.57. The van der Waals surface area contributed by atoms with Gasteiger partial charge in [0.25, 0.3) is 0 Å². The first-order valence-corrected chi connectivity index (χ1v) is 8.57. The van der Waals surface area contributed by atoms with Gasteiger partial charge in [0.1, 0.15) is 0 Å². The molecule has 0 saturated heterocycles. The van der Waals surface area contributed by atoms with Crippen LogP contribution >= 0.6 is 0 Å². The van der Waals surface area contributed by atoms with E-state index in [0.29, 0.717) is 28.4 Å². The van der Waals surface area contributed by atoms with E-state index in [1.807, 2.05) is 6.07 Å². The third-order valence-electron chi connectivity index (χ3n) is 4.40. The Labute approximate surface area is 166 Å². The monoisotopic (exact) mass is 400 g/mol. The minimum Gasteiger partial charge on any atom is -0.493 e. The SMILES string of the molecule is COC(=O)Cc1c(C(=O)OC)nnc2c(-c3ccc(OC)c(OC)c3)c(C)nn12. The molecule has 0 radical (unpaired) electrons. The topological polar surface area (TPSA) is 114 Å². The standard InChI is InChI=1S/C19H20N4O6/c1-10-16(11-6-7-13(26-2)14(8-11)27-3)18-21-20-17(19(25)29-5)12(23(18)22-10)9-15(24)28-4/h6-8H,9H2,1-5H3. The third kappa shape index (κ3) is 3.56. The first kappa shape index (κ1) is 20.1. The lowest BCUT2D eigenvalue weighted by Gasteiger charge is -2.10. The molecule has 2 heterocycles. The summed E-state index contributed by atoms with van der Waals surface area (Å²) in [5, 5.41) is 12.6. The number of aryl methyl sites for hydroxylation is 1. The van der Waals surface area contributed by atoms with Crippen LogP contribution in [0.1, 0.15) is 21.9 Å². The fourth-order valence-corrected chi connectivity index (χ4v) is 3.00. The summed E-state index contributed by atoms with van der Waals surface area (Å²) in [6, 6.07) is 5.39. The Morgan fingerprint density at radius 1 is 1.00 bits per heavy atom. The van der Waals surface area contributed by atoms with Gasteiger partial charge in [-0.05, 0) is 24.6 Å². The van der Waals surface area contributed by atoms with E-state index >= 15 is 0 Å². The highest BCUT2D eigenvalue weighted by molar-refractivity contribution is 5.91. The van der Waals surface area contributed by atoms with Crippen molar-refractivity contribution >= 4 is 17.6 Å². The number of carbonyl (C=O) groups excluding carboxylic acids is 2. The van der Waals surface area contributed by atoms with Crippen LogP contribution in [-0.4, -0.2) is 60.2 Å². The molecule has 10 heteroatoms. The third-order valence-corrected chi connectivity index (χ3v) is 4.40. The Bertz CT molecular complexity index is 1090. The fraction of sp³-hybridized carbons (Fsp3) is 0.316. The summed E-state index contributed by atoms with van der Waals surface area (Å²) < 4.78 is 21.6. The summed E-state index contributed by atoms with van der Waals surface area (Å²) >= 11 is 0. The van der Waals surface area contributed by atoms with E-state index in [0.717, 1.165) is 5.56 Å². The normalized spacial score (nSPS) is 10.7. The molecule has 152 valence electrons. The van der Waals surface area contributed by atoms with Crippen LogP contribution in [0, 0.1) is 6.92 Å². The molecule has 10 nitrogen and oxygen atoms in total. The van der Waals surface area contributed by atoms with Gasteiger partial charge in [-0.15, -0.1) is 10.2 Å². The number of rotatable bonds is 6. The maximum Gasteiger partial charge on any atom is 0.360 e. The molecule has 0 saturated carbocycles. The summed E-state index contributed by atoms with van der Waals surface area (Å²) in [5.74, 6) is -0.155. The Morgan fingerprint density at radius 3 is 2.34 bits per heavy atom. The second kappa shape index (κ2) is 8.13. The molecule has 0 aliphatic rings. The van der Waals surface area contributed by atoms with Crippen molar-refractivity contribution in [3.8, 4) is 22.6 Å². The van der Waals surface area contributed by atoms with Crippen molar-refractivity contribution in [2.24, 2.45) is 0 Å². The van der Waals surface area contributed by atoms with E-state index in [2.05, 4.69) is 15.3 Å². The predicted molar refractivity (Wildman–Crippen MR) is 101 cm³/mol. The molecular weight excluding hydrogens is 380 g/mol. The zero-order chi connectivity index (χ0) is 21.1. The van der Waals surface area contributed by atoms with Crippen LogP contribution in [0.5, 0.6) is 11.5 Å². The predicted octanol–water partition coefficient (Wildman–Crippen LogP) is 1.62. The van der Waals surface area contributed by atoms with E-state index in [-0.39, 0.29) is 17.8 Å². The molecule has 3 rings (SSSR count). The lowest BCUT2D eigenvalue weighted by molar-refractivity contribution is -0.139. The molecule has 0 unspecified atom stereocenters. The Kier molecular flexibility index (Phi) is 5.62. The highest BCUT2D eigenvalue weighted by Gasteiger charge is 2.25. The highest BCUT2D eigenvalue weighted by Crippen LogP contribution is 2.35. The van der Waals surface area contributed by atoms with Gasteiger partial charge in [0.2, 0.25) is 0 Å². The minimum absolute atomic E-state index is 0.105. The van der Waals surface area contributed by atoms with Crippen LogP contribution in [0.3, 0.4) is 0 Å². The lowest BCUT2D eigenvalue weighted by atomic mass is 10.1. The van der Waals surface area contributed by atoms with Gasteiger partial charge in [-0.3, -0.25) is 4.79 Å². The average Bonchev–Trinajstić information content (AvgIpc) is 3.08. The lowest BCUT2D eigenvalue weighted by Crippen LogP contribution is -2.18. The second-order valence-electron chi connectivity index (χ2n) is 6.01. The fourth-order valence-electron chi connectivity index (χ4n) is 3.00. The van der Waals surface area contributed by atoms with E-state index in [9.17, 15) is 9.59 Å². The zero-order valence-electron chi connectivity index (χ0n) is 16.7. The molecule has 0 atom stereocenters. The number of carbonyl (C=O) groups is 2. The molecule has 0 bridgehead atoms. The number of benzene rings is 1. The number of fused-ring (bicyclic) bond motifs is 1.